The summed E-state index contributed by atoms with van der Waals surface area (Å²) in [6, 6.07) is 42.4. The Bertz CT molecular complexity index is 1020. The Morgan fingerprint density at radius 1 is 0.613 bits per heavy atom. The SMILES string of the molecule is C.[HH].c1ccc(CN=C(NCc2ccccc2)P(c2ccccc2)c2ccccc2)cc1. The zero-order valence-electron chi connectivity index (χ0n) is 16.9. The van der Waals surface area contributed by atoms with Crippen molar-refractivity contribution in [1.29, 1.82) is 0 Å². The Balaban J connectivity index is 0.00000181. The van der Waals surface area contributed by atoms with Crippen molar-refractivity contribution in [2.24, 2.45) is 4.99 Å². The van der Waals surface area contributed by atoms with Crippen molar-refractivity contribution in [1.82, 2.24) is 5.32 Å². The Morgan fingerprint density at radius 3 is 1.52 bits per heavy atom. The lowest BCUT2D eigenvalue weighted by Crippen LogP contribution is -2.29. The Hall–Kier alpha value is -3.22. The maximum Gasteiger partial charge on any atom is 0.129 e. The first-order valence-corrected chi connectivity index (χ1v) is 11.5. The van der Waals surface area contributed by atoms with Crippen molar-refractivity contribution in [3.8, 4) is 0 Å². The number of rotatable bonds is 7. The van der Waals surface area contributed by atoms with Gasteiger partial charge in [-0.1, -0.05) is 129 Å². The van der Waals surface area contributed by atoms with Gasteiger partial charge in [0.25, 0.3) is 0 Å². The smallest absolute Gasteiger partial charge is 0.129 e. The third kappa shape index (κ3) is 6.38. The Labute approximate surface area is 188 Å². The molecule has 0 aliphatic carbocycles. The van der Waals surface area contributed by atoms with E-state index < -0.39 is 7.92 Å². The van der Waals surface area contributed by atoms with Gasteiger partial charge in [0, 0.05) is 15.9 Å². The Morgan fingerprint density at radius 2 is 1.03 bits per heavy atom. The third-order valence-electron chi connectivity index (χ3n) is 4.79. The second kappa shape index (κ2) is 11.8. The van der Waals surface area contributed by atoms with Crippen molar-refractivity contribution >= 4 is 24.1 Å². The Kier molecular flexibility index (Phi) is 8.58. The van der Waals surface area contributed by atoms with Gasteiger partial charge >= 0.3 is 0 Å². The lowest BCUT2D eigenvalue weighted by molar-refractivity contribution is 0.910. The summed E-state index contributed by atoms with van der Waals surface area (Å²) in [7, 11) is -0.768. The van der Waals surface area contributed by atoms with E-state index in [4.69, 9.17) is 4.99 Å². The predicted octanol–water partition coefficient (Wildman–Crippen LogP) is 6.35. The largest absolute Gasteiger partial charge is 0.366 e. The molecular weight excluding hydrogens is 395 g/mol. The summed E-state index contributed by atoms with van der Waals surface area (Å²) in [6.07, 6.45) is 0. The first-order chi connectivity index (χ1) is 14.9. The molecule has 0 spiro atoms. The van der Waals surface area contributed by atoms with Crippen molar-refractivity contribution in [2.45, 2.75) is 20.5 Å². The summed E-state index contributed by atoms with van der Waals surface area (Å²) in [5, 5.41) is 6.28. The number of benzene rings is 4. The fraction of sp³-hybridized carbons (Fsp3) is 0.107. The molecule has 3 heteroatoms. The molecule has 0 unspecified atom stereocenters. The van der Waals surface area contributed by atoms with Gasteiger partial charge < -0.3 is 5.32 Å². The number of amidine groups is 1. The molecule has 2 nitrogen and oxygen atoms in total. The van der Waals surface area contributed by atoms with Gasteiger partial charge in [0.05, 0.1) is 6.54 Å². The summed E-state index contributed by atoms with van der Waals surface area (Å²) in [5.41, 5.74) is 3.52. The lowest BCUT2D eigenvalue weighted by atomic mass is 10.2. The van der Waals surface area contributed by atoms with Crippen LogP contribution in [0.4, 0.5) is 0 Å². The molecule has 0 heterocycles. The molecule has 4 aromatic carbocycles. The van der Waals surface area contributed by atoms with Crippen LogP contribution in [0.15, 0.2) is 126 Å². The molecule has 1 N–H and O–H groups in total. The number of hydrogen-bond acceptors (Lipinski definition) is 1. The minimum absolute atomic E-state index is 0. The number of aliphatic imine (C=N–C) groups is 1. The number of nitrogens with zero attached hydrogens (tertiary/aromatic N) is 1. The topological polar surface area (TPSA) is 24.4 Å². The highest BCUT2D eigenvalue weighted by atomic mass is 31.1. The van der Waals surface area contributed by atoms with Gasteiger partial charge in [0.1, 0.15) is 5.58 Å². The van der Waals surface area contributed by atoms with Crippen molar-refractivity contribution in [2.75, 3.05) is 0 Å². The molecular formula is C28H31N2P. The lowest BCUT2D eigenvalue weighted by Gasteiger charge is -2.22. The fourth-order valence-electron chi connectivity index (χ4n) is 3.28. The van der Waals surface area contributed by atoms with Gasteiger partial charge in [-0.3, -0.25) is 4.99 Å². The molecule has 31 heavy (non-hydrogen) atoms. The van der Waals surface area contributed by atoms with Crippen LogP contribution in [0.3, 0.4) is 0 Å². The van der Waals surface area contributed by atoms with Crippen LogP contribution in [0.2, 0.25) is 0 Å². The van der Waals surface area contributed by atoms with Crippen molar-refractivity contribution in [3.63, 3.8) is 0 Å². The van der Waals surface area contributed by atoms with Crippen LogP contribution < -0.4 is 15.9 Å². The van der Waals surface area contributed by atoms with E-state index in [2.05, 4.69) is 121 Å². The van der Waals surface area contributed by atoms with Crippen LogP contribution in [0.25, 0.3) is 0 Å². The van der Waals surface area contributed by atoms with Gasteiger partial charge in [-0.15, -0.1) is 0 Å². The normalized spacial score (nSPS) is 11.1. The highest BCUT2D eigenvalue weighted by Crippen LogP contribution is 2.35. The van der Waals surface area contributed by atoms with E-state index in [0.29, 0.717) is 6.54 Å². The van der Waals surface area contributed by atoms with E-state index in [1.54, 1.807) is 0 Å². The van der Waals surface area contributed by atoms with E-state index in [1.807, 2.05) is 6.07 Å². The van der Waals surface area contributed by atoms with Gasteiger partial charge in [0.15, 0.2) is 0 Å². The molecule has 0 aliphatic heterocycles. The van der Waals surface area contributed by atoms with Gasteiger partial charge in [-0.05, 0) is 21.7 Å². The highest BCUT2D eigenvalue weighted by molar-refractivity contribution is 7.87. The first kappa shape index (κ1) is 22.5. The zero-order chi connectivity index (χ0) is 20.4. The van der Waals surface area contributed by atoms with Gasteiger partial charge in [-0.25, -0.2) is 0 Å². The molecule has 0 aliphatic rings. The number of hydrogen-bond donors (Lipinski definition) is 1. The summed E-state index contributed by atoms with van der Waals surface area (Å²) >= 11 is 0. The van der Waals surface area contributed by atoms with Crippen LogP contribution in [0, 0.1) is 0 Å². The molecule has 0 bridgehead atoms. The van der Waals surface area contributed by atoms with Gasteiger partial charge in [-0.2, -0.15) is 0 Å². The van der Waals surface area contributed by atoms with Crippen LogP contribution in [0.1, 0.15) is 20.0 Å². The van der Waals surface area contributed by atoms with Gasteiger partial charge in [0.2, 0.25) is 0 Å². The minimum Gasteiger partial charge on any atom is -0.366 e. The molecule has 4 aromatic rings. The standard InChI is InChI=1S/C27H25N2P.CH4.H2/c1-5-13-23(14-6-1)21-28-27(29-22-24-15-7-2-8-16-24)30(25-17-9-3-10-18-25)26-19-11-4-12-20-26;;/h1-20H,21-22H2,(H,28,29);1H4;1H. The quantitative estimate of drug-likeness (QED) is 0.208. The van der Waals surface area contributed by atoms with E-state index in [0.717, 1.165) is 12.1 Å². The molecule has 0 amide bonds. The molecule has 4 rings (SSSR count). The van der Waals surface area contributed by atoms with E-state index >= 15 is 0 Å². The molecule has 0 atom stereocenters. The average Bonchev–Trinajstić information content (AvgIpc) is 2.83. The molecule has 0 aromatic heterocycles. The average molecular weight is 427 g/mol. The second-order valence-electron chi connectivity index (χ2n) is 6.97. The number of nitrogens with one attached hydrogen (secondary N) is 1. The maximum absolute atomic E-state index is 5.10. The molecule has 0 radical (unpaired) electrons. The van der Waals surface area contributed by atoms with Crippen molar-refractivity contribution < 1.29 is 1.43 Å². The van der Waals surface area contributed by atoms with E-state index in [-0.39, 0.29) is 8.85 Å². The van der Waals surface area contributed by atoms with Crippen LogP contribution >= 0.6 is 7.92 Å². The maximum atomic E-state index is 5.10. The molecule has 0 fully saturated rings. The molecule has 158 valence electrons. The third-order valence-corrected chi connectivity index (χ3v) is 7.14. The van der Waals surface area contributed by atoms with Crippen LogP contribution in [0.5, 0.6) is 0 Å². The summed E-state index contributed by atoms with van der Waals surface area (Å²) in [5.74, 6) is 0. The molecule has 0 saturated heterocycles. The monoisotopic (exact) mass is 426 g/mol. The molecule has 0 saturated carbocycles. The zero-order valence-corrected chi connectivity index (χ0v) is 17.8. The van der Waals surface area contributed by atoms with Crippen molar-refractivity contribution in [3.05, 3.63) is 132 Å². The van der Waals surface area contributed by atoms with Crippen LogP contribution in [-0.2, 0) is 13.1 Å². The second-order valence-corrected chi connectivity index (χ2v) is 9.10. The fourth-order valence-corrected chi connectivity index (χ4v) is 5.46. The predicted molar refractivity (Wildman–Crippen MR) is 139 cm³/mol. The van der Waals surface area contributed by atoms with Crippen LogP contribution in [-0.4, -0.2) is 5.58 Å². The summed E-state index contributed by atoms with van der Waals surface area (Å²) in [4.78, 5) is 5.10. The summed E-state index contributed by atoms with van der Waals surface area (Å²) in [6.45, 7) is 1.42. The highest BCUT2D eigenvalue weighted by Gasteiger charge is 2.20. The van der Waals surface area contributed by atoms with E-state index in [1.165, 1.54) is 21.7 Å². The van der Waals surface area contributed by atoms with E-state index in [9.17, 15) is 0 Å². The minimum atomic E-state index is -0.768. The first-order valence-electron chi connectivity index (χ1n) is 10.2. The summed E-state index contributed by atoms with van der Waals surface area (Å²) < 4.78 is 0.